The molecule has 0 unspecified atom stereocenters. The predicted molar refractivity (Wildman–Crippen MR) is 115 cm³/mol. The van der Waals surface area contributed by atoms with Crippen LogP contribution in [0.4, 0.5) is 5.13 Å². The molecule has 1 aliphatic heterocycles. The average Bonchev–Trinajstić information content (AvgIpc) is 3.25. The van der Waals surface area contributed by atoms with Crippen molar-refractivity contribution in [3.63, 3.8) is 0 Å². The van der Waals surface area contributed by atoms with E-state index in [0.717, 1.165) is 54.8 Å². The lowest BCUT2D eigenvalue weighted by Gasteiger charge is -2.35. The van der Waals surface area contributed by atoms with E-state index in [-0.39, 0.29) is 0 Å². The van der Waals surface area contributed by atoms with Gasteiger partial charge in [-0.2, -0.15) is 0 Å². The van der Waals surface area contributed by atoms with E-state index in [4.69, 9.17) is 15.2 Å². The number of aliphatic imine (C=N–C) groups is 1. The van der Waals surface area contributed by atoms with E-state index in [2.05, 4.69) is 25.8 Å². The van der Waals surface area contributed by atoms with E-state index >= 15 is 0 Å². The standard InChI is InChI=1S/C20H29N5O2S/c1-3-26-17-6-5-16(15-18(17)27-4-2)7-8-22-19(21)24-10-12-25(13-11-24)20-23-9-14-28-20/h5-6,9,14-15H,3-4,7-8,10-13H2,1-2H3,(H2,21,22). The molecule has 1 aliphatic rings. The Hall–Kier alpha value is -2.48. The van der Waals surface area contributed by atoms with Gasteiger partial charge in [0.2, 0.25) is 0 Å². The van der Waals surface area contributed by atoms with Gasteiger partial charge in [-0.05, 0) is 38.0 Å². The van der Waals surface area contributed by atoms with Gasteiger partial charge in [-0.15, -0.1) is 11.3 Å². The second-order valence-corrected chi connectivity index (χ2v) is 7.30. The van der Waals surface area contributed by atoms with Gasteiger partial charge in [-0.1, -0.05) is 6.07 Å². The van der Waals surface area contributed by atoms with E-state index < -0.39 is 0 Å². The van der Waals surface area contributed by atoms with Crippen LogP contribution in [0.25, 0.3) is 0 Å². The minimum absolute atomic E-state index is 0.613. The van der Waals surface area contributed by atoms with E-state index in [1.807, 2.05) is 37.6 Å². The van der Waals surface area contributed by atoms with Crippen LogP contribution in [0, 0.1) is 0 Å². The molecular formula is C20H29N5O2S. The number of rotatable bonds is 8. The molecule has 0 amide bonds. The van der Waals surface area contributed by atoms with Crippen molar-refractivity contribution < 1.29 is 9.47 Å². The summed E-state index contributed by atoms with van der Waals surface area (Å²) in [6.45, 7) is 9.40. The summed E-state index contributed by atoms with van der Waals surface area (Å²) in [6, 6.07) is 6.06. The van der Waals surface area contributed by atoms with Crippen LogP contribution in [0.5, 0.6) is 11.5 Å². The highest BCUT2D eigenvalue weighted by atomic mass is 32.1. The fraction of sp³-hybridized carbons (Fsp3) is 0.500. The van der Waals surface area contributed by atoms with Crippen LogP contribution >= 0.6 is 11.3 Å². The summed E-state index contributed by atoms with van der Waals surface area (Å²) in [6.07, 6.45) is 2.66. The van der Waals surface area contributed by atoms with Crippen molar-refractivity contribution in [3.8, 4) is 11.5 Å². The van der Waals surface area contributed by atoms with Gasteiger partial charge in [0.25, 0.3) is 0 Å². The van der Waals surface area contributed by atoms with Crippen LogP contribution in [0.1, 0.15) is 19.4 Å². The summed E-state index contributed by atoms with van der Waals surface area (Å²) in [4.78, 5) is 13.4. The molecule has 2 aromatic rings. The van der Waals surface area contributed by atoms with Gasteiger partial charge in [0.15, 0.2) is 22.6 Å². The largest absolute Gasteiger partial charge is 0.490 e. The lowest BCUT2D eigenvalue weighted by molar-refractivity contribution is 0.287. The van der Waals surface area contributed by atoms with Crippen molar-refractivity contribution in [2.24, 2.45) is 10.7 Å². The van der Waals surface area contributed by atoms with Gasteiger partial charge in [0.05, 0.1) is 13.2 Å². The van der Waals surface area contributed by atoms with Crippen LogP contribution in [0.2, 0.25) is 0 Å². The maximum Gasteiger partial charge on any atom is 0.191 e. The number of hydrogen-bond acceptors (Lipinski definition) is 6. The summed E-state index contributed by atoms with van der Waals surface area (Å²) in [5, 5.41) is 3.09. The Morgan fingerprint density at radius 2 is 1.89 bits per heavy atom. The normalized spacial score (nSPS) is 15.0. The predicted octanol–water partition coefficient (Wildman–Crippen LogP) is 2.62. The van der Waals surface area contributed by atoms with E-state index in [0.29, 0.717) is 25.7 Å². The fourth-order valence-electron chi connectivity index (χ4n) is 3.15. The van der Waals surface area contributed by atoms with Crippen LogP contribution in [-0.2, 0) is 6.42 Å². The van der Waals surface area contributed by atoms with E-state index in [1.54, 1.807) is 11.3 Å². The Kier molecular flexibility index (Phi) is 7.36. The smallest absolute Gasteiger partial charge is 0.191 e. The molecular weight excluding hydrogens is 374 g/mol. The number of benzene rings is 1. The third-order valence-corrected chi connectivity index (χ3v) is 5.41. The number of ether oxygens (including phenoxy) is 2. The fourth-order valence-corrected chi connectivity index (χ4v) is 3.85. The molecule has 28 heavy (non-hydrogen) atoms. The van der Waals surface area contributed by atoms with Gasteiger partial charge in [-0.3, -0.25) is 4.99 Å². The molecule has 8 heteroatoms. The minimum atomic E-state index is 0.613. The Morgan fingerprint density at radius 3 is 2.57 bits per heavy atom. The van der Waals surface area contributed by atoms with Crippen molar-refractivity contribution in [2.75, 3.05) is 50.8 Å². The highest BCUT2D eigenvalue weighted by Crippen LogP contribution is 2.28. The van der Waals surface area contributed by atoms with E-state index in [1.165, 1.54) is 0 Å². The third kappa shape index (κ3) is 5.28. The number of hydrogen-bond donors (Lipinski definition) is 1. The maximum absolute atomic E-state index is 6.22. The minimum Gasteiger partial charge on any atom is -0.490 e. The molecule has 1 aromatic heterocycles. The Morgan fingerprint density at radius 1 is 1.14 bits per heavy atom. The van der Waals surface area contributed by atoms with Gasteiger partial charge >= 0.3 is 0 Å². The summed E-state index contributed by atoms with van der Waals surface area (Å²) in [5.41, 5.74) is 7.38. The van der Waals surface area contributed by atoms with Crippen molar-refractivity contribution in [2.45, 2.75) is 20.3 Å². The number of thiazole rings is 1. The van der Waals surface area contributed by atoms with Gasteiger partial charge in [0, 0.05) is 44.3 Å². The van der Waals surface area contributed by atoms with Crippen molar-refractivity contribution >= 4 is 22.4 Å². The van der Waals surface area contributed by atoms with Crippen molar-refractivity contribution in [3.05, 3.63) is 35.3 Å². The lowest BCUT2D eigenvalue weighted by Crippen LogP contribution is -2.51. The Labute approximate surface area is 170 Å². The molecule has 1 aromatic carbocycles. The van der Waals surface area contributed by atoms with Crippen molar-refractivity contribution in [1.29, 1.82) is 0 Å². The zero-order chi connectivity index (χ0) is 19.8. The first-order valence-electron chi connectivity index (χ1n) is 9.79. The second kappa shape index (κ2) is 10.2. The van der Waals surface area contributed by atoms with Crippen LogP contribution < -0.4 is 20.1 Å². The van der Waals surface area contributed by atoms with Crippen LogP contribution in [-0.4, -0.2) is 61.8 Å². The maximum atomic E-state index is 6.22. The summed E-state index contributed by atoms with van der Waals surface area (Å²) >= 11 is 1.67. The summed E-state index contributed by atoms with van der Waals surface area (Å²) < 4.78 is 11.3. The quantitative estimate of drug-likeness (QED) is 0.539. The third-order valence-electron chi connectivity index (χ3n) is 4.58. The Bertz CT molecular complexity index is 758. The molecule has 7 nitrogen and oxygen atoms in total. The average molecular weight is 404 g/mol. The van der Waals surface area contributed by atoms with Gasteiger partial charge < -0.3 is 25.0 Å². The molecule has 0 radical (unpaired) electrons. The Balaban J connectivity index is 1.51. The second-order valence-electron chi connectivity index (χ2n) is 6.43. The first kappa shape index (κ1) is 20.3. The molecule has 0 saturated carbocycles. The number of guanidine groups is 1. The van der Waals surface area contributed by atoms with Gasteiger partial charge in [-0.25, -0.2) is 4.98 Å². The molecule has 152 valence electrons. The molecule has 2 N–H and O–H groups in total. The van der Waals surface area contributed by atoms with Crippen LogP contribution in [0.3, 0.4) is 0 Å². The summed E-state index contributed by atoms with van der Waals surface area (Å²) in [7, 11) is 0. The first-order valence-corrected chi connectivity index (χ1v) is 10.7. The number of nitrogens with zero attached hydrogens (tertiary/aromatic N) is 4. The zero-order valence-corrected chi connectivity index (χ0v) is 17.5. The highest BCUT2D eigenvalue weighted by molar-refractivity contribution is 7.13. The van der Waals surface area contributed by atoms with Crippen molar-refractivity contribution in [1.82, 2.24) is 9.88 Å². The first-order chi connectivity index (χ1) is 13.7. The number of nitrogens with two attached hydrogens (primary N) is 1. The van der Waals surface area contributed by atoms with E-state index in [9.17, 15) is 0 Å². The molecule has 1 fully saturated rings. The monoisotopic (exact) mass is 403 g/mol. The molecule has 0 aliphatic carbocycles. The molecule has 2 heterocycles. The highest BCUT2D eigenvalue weighted by Gasteiger charge is 2.19. The molecule has 0 atom stereocenters. The van der Waals surface area contributed by atoms with Gasteiger partial charge in [0.1, 0.15) is 0 Å². The summed E-state index contributed by atoms with van der Waals surface area (Å²) in [5.74, 6) is 2.20. The number of aromatic nitrogens is 1. The SMILES string of the molecule is CCOc1ccc(CCN=C(N)N2CCN(c3nccs3)CC2)cc1OCC. The number of anilines is 1. The molecule has 0 bridgehead atoms. The lowest BCUT2D eigenvalue weighted by atomic mass is 10.1. The van der Waals surface area contributed by atoms with Crippen LogP contribution in [0.15, 0.2) is 34.8 Å². The topological polar surface area (TPSA) is 76.2 Å². The molecule has 3 rings (SSSR count). The number of piperazine rings is 1. The molecule has 0 spiro atoms. The zero-order valence-electron chi connectivity index (χ0n) is 16.6. The molecule has 1 saturated heterocycles.